The second-order valence-corrected chi connectivity index (χ2v) is 3.93. The maximum atomic E-state index is 9.13. The number of rotatable bonds is 4. The van der Waals surface area contributed by atoms with Crippen LogP contribution in [0.25, 0.3) is 0 Å². The molecule has 0 unspecified atom stereocenters. The van der Waals surface area contributed by atoms with Gasteiger partial charge in [0.15, 0.2) is 0 Å². The summed E-state index contributed by atoms with van der Waals surface area (Å²) >= 11 is 0. The van der Waals surface area contributed by atoms with E-state index in [1.165, 1.54) is 0 Å². The molecule has 0 saturated heterocycles. The molecule has 1 aromatic carbocycles. The van der Waals surface area contributed by atoms with Gasteiger partial charge >= 0.3 is 0 Å². The molecule has 0 amide bonds. The summed E-state index contributed by atoms with van der Waals surface area (Å²) in [5.41, 5.74) is 1.95. The molecule has 1 aromatic rings. The summed E-state index contributed by atoms with van der Waals surface area (Å²) in [6.07, 6.45) is 0. The maximum Gasteiger partial charge on any atom is 0.127 e. The van der Waals surface area contributed by atoms with Crippen molar-refractivity contribution in [3.05, 3.63) is 29.3 Å². The molecule has 0 fully saturated rings. The molecule has 0 heterocycles. The number of benzene rings is 1. The highest BCUT2D eigenvalue weighted by molar-refractivity contribution is 5.40. The lowest BCUT2D eigenvalue weighted by Crippen LogP contribution is -2.07. The van der Waals surface area contributed by atoms with E-state index in [4.69, 9.17) is 9.84 Å². The lowest BCUT2D eigenvalue weighted by molar-refractivity contribution is 0.244. The number of para-hydroxylation sites is 1. The van der Waals surface area contributed by atoms with Crippen LogP contribution in [0.15, 0.2) is 18.2 Å². The standard InChI is InChI=1S/C12H18O2.CH4/c1-9(2)8-14-12-10(3)5-4-6-11(12)7-13;/h4-6,9,13H,7-8H2,1-3H3;1H4. The van der Waals surface area contributed by atoms with Crippen molar-refractivity contribution in [3.63, 3.8) is 0 Å². The first-order valence-electron chi connectivity index (χ1n) is 4.97. The first kappa shape index (κ1) is 14.0. The van der Waals surface area contributed by atoms with Gasteiger partial charge in [-0.3, -0.25) is 0 Å². The molecular weight excluding hydrogens is 188 g/mol. The number of aliphatic hydroxyl groups is 1. The van der Waals surface area contributed by atoms with Crippen molar-refractivity contribution in [3.8, 4) is 5.75 Å². The van der Waals surface area contributed by atoms with Crippen LogP contribution in [0.4, 0.5) is 0 Å². The van der Waals surface area contributed by atoms with Gasteiger partial charge in [-0.15, -0.1) is 0 Å². The van der Waals surface area contributed by atoms with E-state index >= 15 is 0 Å². The molecule has 0 radical (unpaired) electrons. The molecule has 0 atom stereocenters. The molecule has 15 heavy (non-hydrogen) atoms. The van der Waals surface area contributed by atoms with Crippen LogP contribution in [-0.4, -0.2) is 11.7 Å². The van der Waals surface area contributed by atoms with Crippen molar-refractivity contribution >= 4 is 0 Å². The molecule has 0 spiro atoms. The molecular formula is C13H22O2. The molecule has 0 saturated carbocycles. The fourth-order valence-corrected chi connectivity index (χ4v) is 1.29. The number of aryl methyl sites for hydroxylation is 1. The van der Waals surface area contributed by atoms with Crippen molar-refractivity contribution in [2.75, 3.05) is 6.61 Å². The summed E-state index contributed by atoms with van der Waals surface area (Å²) < 4.78 is 5.66. The fraction of sp³-hybridized carbons (Fsp3) is 0.538. The molecule has 86 valence electrons. The van der Waals surface area contributed by atoms with Gasteiger partial charge in [-0.2, -0.15) is 0 Å². The average molecular weight is 210 g/mol. The number of hydrogen-bond acceptors (Lipinski definition) is 2. The van der Waals surface area contributed by atoms with Gasteiger partial charge in [0.2, 0.25) is 0 Å². The molecule has 0 bridgehead atoms. The molecule has 0 aromatic heterocycles. The van der Waals surface area contributed by atoms with E-state index in [9.17, 15) is 0 Å². The quantitative estimate of drug-likeness (QED) is 0.827. The number of aliphatic hydroxyl groups excluding tert-OH is 1. The van der Waals surface area contributed by atoms with Crippen LogP contribution in [-0.2, 0) is 6.61 Å². The minimum Gasteiger partial charge on any atom is -0.493 e. The van der Waals surface area contributed by atoms with Gasteiger partial charge < -0.3 is 9.84 Å². The van der Waals surface area contributed by atoms with E-state index in [-0.39, 0.29) is 14.0 Å². The molecule has 0 aliphatic heterocycles. The Morgan fingerprint density at radius 3 is 2.53 bits per heavy atom. The van der Waals surface area contributed by atoms with Crippen molar-refractivity contribution in [1.29, 1.82) is 0 Å². The van der Waals surface area contributed by atoms with Crippen molar-refractivity contribution in [1.82, 2.24) is 0 Å². The highest BCUT2D eigenvalue weighted by Crippen LogP contribution is 2.23. The highest BCUT2D eigenvalue weighted by Gasteiger charge is 2.06. The Morgan fingerprint density at radius 1 is 1.33 bits per heavy atom. The Kier molecular flexibility index (Phi) is 6.02. The summed E-state index contributed by atoms with van der Waals surface area (Å²) in [6.45, 7) is 6.94. The number of ether oxygens (including phenoxy) is 1. The second kappa shape index (κ2) is 6.46. The normalized spacial score (nSPS) is 9.93. The molecule has 1 rings (SSSR count). The van der Waals surface area contributed by atoms with E-state index in [0.717, 1.165) is 16.9 Å². The van der Waals surface area contributed by atoms with Crippen LogP contribution in [0, 0.1) is 12.8 Å². The zero-order chi connectivity index (χ0) is 10.6. The average Bonchev–Trinajstić information content (AvgIpc) is 2.15. The van der Waals surface area contributed by atoms with Crippen molar-refractivity contribution < 1.29 is 9.84 Å². The van der Waals surface area contributed by atoms with E-state index in [1.54, 1.807) is 0 Å². The van der Waals surface area contributed by atoms with E-state index in [2.05, 4.69) is 13.8 Å². The fourth-order valence-electron chi connectivity index (χ4n) is 1.29. The predicted molar refractivity (Wildman–Crippen MR) is 64.2 cm³/mol. The third kappa shape index (κ3) is 3.92. The third-order valence-electron chi connectivity index (χ3n) is 2.02. The van der Waals surface area contributed by atoms with Crippen LogP contribution in [0.2, 0.25) is 0 Å². The highest BCUT2D eigenvalue weighted by atomic mass is 16.5. The summed E-state index contributed by atoms with van der Waals surface area (Å²) in [7, 11) is 0. The topological polar surface area (TPSA) is 29.5 Å². The minimum absolute atomic E-state index is 0. The Labute approximate surface area is 92.9 Å². The van der Waals surface area contributed by atoms with Crippen LogP contribution in [0.5, 0.6) is 5.75 Å². The van der Waals surface area contributed by atoms with Gasteiger partial charge in [-0.05, 0) is 18.4 Å². The molecule has 0 aliphatic rings. The monoisotopic (exact) mass is 210 g/mol. The van der Waals surface area contributed by atoms with Crippen LogP contribution >= 0.6 is 0 Å². The zero-order valence-corrected chi connectivity index (χ0v) is 9.08. The molecule has 0 aliphatic carbocycles. The summed E-state index contributed by atoms with van der Waals surface area (Å²) in [5, 5.41) is 9.13. The SMILES string of the molecule is C.Cc1cccc(CO)c1OCC(C)C. The van der Waals surface area contributed by atoms with Gasteiger partial charge in [0.1, 0.15) is 5.75 Å². The van der Waals surface area contributed by atoms with Crippen LogP contribution < -0.4 is 4.74 Å². The van der Waals surface area contributed by atoms with Crippen LogP contribution in [0.1, 0.15) is 32.4 Å². The van der Waals surface area contributed by atoms with Crippen molar-refractivity contribution in [2.45, 2.75) is 34.8 Å². The maximum absolute atomic E-state index is 9.13. The largest absolute Gasteiger partial charge is 0.493 e. The third-order valence-corrected chi connectivity index (χ3v) is 2.02. The summed E-state index contributed by atoms with van der Waals surface area (Å²) in [5.74, 6) is 1.34. The minimum atomic E-state index is 0. The van der Waals surface area contributed by atoms with Crippen LogP contribution in [0.3, 0.4) is 0 Å². The smallest absolute Gasteiger partial charge is 0.127 e. The Balaban J connectivity index is 0.00000196. The second-order valence-electron chi connectivity index (χ2n) is 3.93. The molecule has 2 nitrogen and oxygen atoms in total. The Bertz CT molecular complexity index is 293. The van der Waals surface area contributed by atoms with Gasteiger partial charge in [0, 0.05) is 5.56 Å². The lowest BCUT2D eigenvalue weighted by Gasteiger charge is -2.14. The van der Waals surface area contributed by atoms with Gasteiger partial charge in [-0.1, -0.05) is 39.5 Å². The summed E-state index contributed by atoms with van der Waals surface area (Å²) in [4.78, 5) is 0. The van der Waals surface area contributed by atoms with Crippen molar-refractivity contribution in [2.24, 2.45) is 5.92 Å². The Morgan fingerprint density at radius 2 is 2.00 bits per heavy atom. The molecule has 1 N–H and O–H groups in total. The Hall–Kier alpha value is -1.02. The van der Waals surface area contributed by atoms with E-state index in [1.807, 2.05) is 25.1 Å². The molecule has 2 heteroatoms. The first-order chi connectivity index (χ1) is 6.65. The van der Waals surface area contributed by atoms with Gasteiger partial charge in [0.25, 0.3) is 0 Å². The predicted octanol–water partition coefficient (Wildman–Crippen LogP) is 3.16. The zero-order valence-electron chi connectivity index (χ0n) is 9.08. The first-order valence-corrected chi connectivity index (χ1v) is 4.97. The van der Waals surface area contributed by atoms with Gasteiger partial charge in [-0.25, -0.2) is 0 Å². The summed E-state index contributed by atoms with van der Waals surface area (Å²) in [6, 6.07) is 5.82. The van der Waals surface area contributed by atoms with Gasteiger partial charge in [0.05, 0.1) is 13.2 Å². The lowest BCUT2D eigenvalue weighted by atomic mass is 10.1. The van der Waals surface area contributed by atoms with E-state index < -0.39 is 0 Å². The number of hydrogen-bond donors (Lipinski definition) is 1. The van der Waals surface area contributed by atoms with E-state index in [0.29, 0.717) is 12.5 Å².